The van der Waals surface area contributed by atoms with Crippen LogP contribution in [0.4, 0.5) is 0 Å². The molecule has 1 saturated carbocycles. The zero-order chi connectivity index (χ0) is 22.9. The van der Waals surface area contributed by atoms with Gasteiger partial charge in [-0.3, -0.25) is 9.59 Å². The molecule has 174 valence electrons. The molecular formula is C27H42O4. The normalized spacial score (nSPS) is 15.1. The number of aliphatic carboxylic acids is 2. The molecule has 0 amide bonds. The van der Waals surface area contributed by atoms with Crippen molar-refractivity contribution >= 4 is 11.9 Å². The van der Waals surface area contributed by atoms with Crippen molar-refractivity contribution in [3.8, 4) is 0 Å². The van der Waals surface area contributed by atoms with Gasteiger partial charge >= 0.3 is 11.9 Å². The minimum atomic E-state index is -0.703. The second-order valence-electron chi connectivity index (χ2n) is 10.4. The van der Waals surface area contributed by atoms with Gasteiger partial charge in [-0.25, -0.2) is 0 Å². The number of carbonyl (C=O) groups is 2. The molecule has 2 rings (SSSR count). The topological polar surface area (TPSA) is 74.6 Å². The van der Waals surface area contributed by atoms with Gasteiger partial charge in [0.1, 0.15) is 0 Å². The highest BCUT2D eigenvalue weighted by molar-refractivity contribution is 5.77. The quantitative estimate of drug-likeness (QED) is 0.278. The molecule has 1 aromatic carbocycles. The van der Waals surface area contributed by atoms with E-state index in [0.29, 0.717) is 0 Å². The lowest BCUT2D eigenvalue weighted by molar-refractivity contribution is -0.147. The smallest absolute Gasteiger partial charge is 0.309 e. The number of unbranched alkanes of at least 4 members (excludes halogenated alkanes) is 6. The van der Waals surface area contributed by atoms with Crippen LogP contribution >= 0.6 is 0 Å². The largest absolute Gasteiger partial charge is 0.481 e. The van der Waals surface area contributed by atoms with Gasteiger partial charge < -0.3 is 10.2 Å². The molecule has 1 aromatic rings. The second-order valence-corrected chi connectivity index (χ2v) is 10.4. The summed E-state index contributed by atoms with van der Waals surface area (Å²) in [5.41, 5.74) is 3.26. The molecule has 4 heteroatoms. The van der Waals surface area contributed by atoms with E-state index < -0.39 is 17.4 Å². The highest BCUT2D eigenvalue weighted by atomic mass is 16.4. The van der Waals surface area contributed by atoms with Crippen LogP contribution in [-0.2, 0) is 22.4 Å². The predicted molar refractivity (Wildman–Crippen MR) is 125 cm³/mol. The van der Waals surface area contributed by atoms with Gasteiger partial charge in [0, 0.05) is 0 Å². The molecule has 0 bridgehead atoms. The molecule has 0 aliphatic heterocycles. The van der Waals surface area contributed by atoms with Crippen molar-refractivity contribution in [3.63, 3.8) is 0 Å². The van der Waals surface area contributed by atoms with Crippen molar-refractivity contribution in [2.45, 2.75) is 111 Å². The van der Waals surface area contributed by atoms with Gasteiger partial charge in [-0.2, -0.15) is 0 Å². The molecule has 0 atom stereocenters. The predicted octanol–water partition coefficient (Wildman–Crippen LogP) is 6.96. The highest BCUT2D eigenvalue weighted by Crippen LogP contribution is 2.50. The van der Waals surface area contributed by atoms with Crippen LogP contribution in [0.2, 0.25) is 0 Å². The monoisotopic (exact) mass is 430 g/mol. The summed E-state index contributed by atoms with van der Waals surface area (Å²) in [5.74, 6) is -1.30. The van der Waals surface area contributed by atoms with Gasteiger partial charge in [-0.15, -0.1) is 0 Å². The van der Waals surface area contributed by atoms with E-state index in [9.17, 15) is 19.8 Å². The molecule has 0 spiro atoms. The molecule has 2 N–H and O–H groups in total. The fourth-order valence-electron chi connectivity index (χ4n) is 4.43. The molecule has 1 fully saturated rings. The van der Waals surface area contributed by atoms with Gasteiger partial charge in [-0.1, -0.05) is 62.3 Å². The number of rotatable bonds is 16. The Hall–Kier alpha value is -1.84. The Morgan fingerprint density at radius 1 is 0.871 bits per heavy atom. The van der Waals surface area contributed by atoms with Crippen molar-refractivity contribution < 1.29 is 19.8 Å². The molecule has 0 heterocycles. The Morgan fingerprint density at radius 3 is 2.03 bits per heavy atom. The number of benzene rings is 1. The van der Waals surface area contributed by atoms with Crippen molar-refractivity contribution in [1.29, 1.82) is 0 Å². The zero-order valence-corrected chi connectivity index (χ0v) is 19.8. The standard InChI is InChI=1S/C27H42O4/c1-21-14-15-22(12-8-4-6-10-16-26(2,3)24(28)29)23(20-21)13-9-5-7-11-17-27(18-19-27)25(30)31/h14-15,20H,4-13,16-19H2,1-3H3,(H,28,29)(H,30,31). The summed E-state index contributed by atoms with van der Waals surface area (Å²) in [6, 6.07) is 6.81. The van der Waals surface area contributed by atoms with Crippen LogP contribution in [0.5, 0.6) is 0 Å². The number of carboxylic acids is 2. The Kier molecular flexibility index (Phi) is 9.58. The maximum Gasteiger partial charge on any atom is 0.309 e. The molecular weight excluding hydrogens is 388 g/mol. The van der Waals surface area contributed by atoms with E-state index in [2.05, 4.69) is 25.1 Å². The van der Waals surface area contributed by atoms with Gasteiger partial charge in [-0.05, 0) is 83.3 Å². The first-order valence-corrected chi connectivity index (χ1v) is 12.2. The minimum absolute atomic E-state index is 0.368. The Balaban J connectivity index is 1.65. The number of aryl methyl sites for hydroxylation is 3. The van der Waals surface area contributed by atoms with E-state index in [1.54, 1.807) is 0 Å². The summed E-state index contributed by atoms with van der Waals surface area (Å²) in [6.07, 6.45) is 14.4. The van der Waals surface area contributed by atoms with Crippen molar-refractivity contribution in [1.82, 2.24) is 0 Å². The first-order valence-electron chi connectivity index (χ1n) is 12.2. The van der Waals surface area contributed by atoms with E-state index in [-0.39, 0.29) is 5.41 Å². The Morgan fingerprint density at radius 2 is 1.45 bits per heavy atom. The summed E-state index contributed by atoms with van der Waals surface area (Å²) in [7, 11) is 0. The first-order chi connectivity index (χ1) is 14.7. The fourth-order valence-corrected chi connectivity index (χ4v) is 4.43. The van der Waals surface area contributed by atoms with Crippen LogP contribution in [0.3, 0.4) is 0 Å². The average Bonchev–Trinajstić information content (AvgIpc) is 3.49. The van der Waals surface area contributed by atoms with Crippen molar-refractivity contribution in [2.75, 3.05) is 0 Å². The third-order valence-corrected chi connectivity index (χ3v) is 7.10. The van der Waals surface area contributed by atoms with E-state index in [0.717, 1.165) is 77.0 Å². The zero-order valence-electron chi connectivity index (χ0n) is 19.8. The summed E-state index contributed by atoms with van der Waals surface area (Å²) in [4.78, 5) is 22.4. The van der Waals surface area contributed by atoms with Crippen LogP contribution in [0, 0.1) is 17.8 Å². The molecule has 31 heavy (non-hydrogen) atoms. The molecule has 1 aliphatic carbocycles. The van der Waals surface area contributed by atoms with Crippen LogP contribution in [-0.4, -0.2) is 22.2 Å². The third-order valence-electron chi connectivity index (χ3n) is 7.10. The second kappa shape index (κ2) is 11.7. The average molecular weight is 431 g/mol. The van der Waals surface area contributed by atoms with Gasteiger partial charge in [0.05, 0.1) is 10.8 Å². The maximum atomic E-state index is 11.2. The van der Waals surface area contributed by atoms with Crippen LogP contribution in [0.1, 0.15) is 108 Å². The number of carboxylic acid groups (broad SMARTS) is 2. The molecule has 0 unspecified atom stereocenters. The summed E-state index contributed by atoms with van der Waals surface area (Å²) in [5, 5.41) is 18.5. The van der Waals surface area contributed by atoms with Gasteiger partial charge in [0.15, 0.2) is 0 Å². The Labute approximate surface area is 188 Å². The van der Waals surface area contributed by atoms with Crippen molar-refractivity contribution in [3.05, 3.63) is 34.9 Å². The summed E-state index contributed by atoms with van der Waals surface area (Å²) < 4.78 is 0. The van der Waals surface area contributed by atoms with Crippen LogP contribution < -0.4 is 0 Å². The van der Waals surface area contributed by atoms with Gasteiger partial charge in [0.2, 0.25) is 0 Å². The highest BCUT2D eigenvalue weighted by Gasteiger charge is 2.49. The van der Waals surface area contributed by atoms with Gasteiger partial charge in [0.25, 0.3) is 0 Å². The third kappa shape index (κ3) is 8.31. The van der Waals surface area contributed by atoms with Crippen LogP contribution in [0.15, 0.2) is 18.2 Å². The first kappa shape index (κ1) is 25.4. The minimum Gasteiger partial charge on any atom is -0.481 e. The van der Waals surface area contributed by atoms with Crippen LogP contribution in [0.25, 0.3) is 0 Å². The fraction of sp³-hybridized carbons (Fsp3) is 0.704. The number of hydrogen-bond acceptors (Lipinski definition) is 2. The summed E-state index contributed by atoms with van der Waals surface area (Å²) >= 11 is 0. The van der Waals surface area contributed by atoms with E-state index in [1.165, 1.54) is 29.5 Å². The van der Waals surface area contributed by atoms with E-state index in [1.807, 2.05) is 13.8 Å². The van der Waals surface area contributed by atoms with E-state index in [4.69, 9.17) is 0 Å². The summed E-state index contributed by atoms with van der Waals surface area (Å²) in [6.45, 7) is 5.77. The lowest BCUT2D eigenvalue weighted by atomic mass is 9.87. The molecule has 0 saturated heterocycles. The van der Waals surface area contributed by atoms with Crippen molar-refractivity contribution in [2.24, 2.45) is 10.8 Å². The molecule has 0 radical (unpaired) electrons. The SMILES string of the molecule is Cc1ccc(CCCCCCC(C)(C)C(=O)O)c(CCCCCCC2(C(=O)O)CC2)c1. The lowest BCUT2D eigenvalue weighted by Gasteiger charge is -2.18. The maximum absolute atomic E-state index is 11.2. The Bertz CT molecular complexity index is 731. The molecule has 4 nitrogen and oxygen atoms in total. The molecule has 1 aliphatic rings. The lowest BCUT2D eigenvalue weighted by Crippen LogP contribution is -2.23. The number of hydrogen-bond donors (Lipinski definition) is 2. The van der Waals surface area contributed by atoms with E-state index >= 15 is 0 Å². The molecule has 0 aromatic heterocycles.